The zero-order chi connectivity index (χ0) is 16.8. The zero-order valence-corrected chi connectivity index (χ0v) is 15.2. The SMILES string of the molecule is CC1Cc2ccccc2N1C1CCN(c2ncnc3ccsc23)CC1. The lowest BCUT2D eigenvalue weighted by molar-refractivity contribution is 0.443. The Kier molecular flexibility index (Phi) is 3.63. The molecule has 25 heavy (non-hydrogen) atoms. The topological polar surface area (TPSA) is 32.3 Å². The highest BCUT2D eigenvalue weighted by Crippen LogP contribution is 2.37. The van der Waals surface area contributed by atoms with E-state index >= 15 is 0 Å². The van der Waals surface area contributed by atoms with Gasteiger partial charge in [-0.2, -0.15) is 0 Å². The summed E-state index contributed by atoms with van der Waals surface area (Å²) < 4.78 is 1.22. The molecular formula is C20H22N4S. The lowest BCUT2D eigenvalue weighted by Gasteiger charge is -2.40. The lowest BCUT2D eigenvalue weighted by atomic mass is 10.0. The molecule has 1 aromatic carbocycles. The molecule has 1 saturated heterocycles. The van der Waals surface area contributed by atoms with Crippen molar-refractivity contribution in [1.82, 2.24) is 9.97 Å². The van der Waals surface area contributed by atoms with E-state index in [9.17, 15) is 0 Å². The number of hydrogen-bond acceptors (Lipinski definition) is 5. The van der Waals surface area contributed by atoms with Crippen molar-refractivity contribution >= 4 is 33.1 Å². The maximum atomic E-state index is 4.59. The summed E-state index contributed by atoms with van der Waals surface area (Å²) >= 11 is 1.75. The highest BCUT2D eigenvalue weighted by molar-refractivity contribution is 7.17. The molecule has 4 nitrogen and oxygen atoms in total. The molecule has 2 aliphatic heterocycles. The number of para-hydroxylation sites is 1. The molecule has 0 N–H and O–H groups in total. The summed E-state index contributed by atoms with van der Waals surface area (Å²) in [7, 11) is 0. The Morgan fingerprint density at radius 3 is 2.80 bits per heavy atom. The van der Waals surface area contributed by atoms with Crippen LogP contribution in [0.4, 0.5) is 11.5 Å². The van der Waals surface area contributed by atoms with Crippen molar-refractivity contribution < 1.29 is 0 Å². The third-order valence-corrected chi connectivity index (χ3v) is 6.54. The highest BCUT2D eigenvalue weighted by atomic mass is 32.1. The molecule has 0 saturated carbocycles. The van der Waals surface area contributed by atoms with Crippen LogP contribution in [0.1, 0.15) is 25.3 Å². The van der Waals surface area contributed by atoms with E-state index in [-0.39, 0.29) is 0 Å². The number of piperidine rings is 1. The van der Waals surface area contributed by atoms with Crippen molar-refractivity contribution in [2.24, 2.45) is 0 Å². The van der Waals surface area contributed by atoms with Gasteiger partial charge in [-0.1, -0.05) is 18.2 Å². The summed E-state index contributed by atoms with van der Waals surface area (Å²) in [4.78, 5) is 14.1. The van der Waals surface area contributed by atoms with Gasteiger partial charge in [-0.25, -0.2) is 9.97 Å². The second kappa shape index (κ2) is 5.99. The van der Waals surface area contributed by atoms with E-state index in [2.05, 4.69) is 62.4 Å². The third kappa shape index (κ3) is 2.49. The van der Waals surface area contributed by atoms with Crippen LogP contribution in [0.25, 0.3) is 10.2 Å². The van der Waals surface area contributed by atoms with Gasteiger partial charge in [-0.15, -0.1) is 11.3 Å². The average Bonchev–Trinajstić information content (AvgIpc) is 3.25. The van der Waals surface area contributed by atoms with Crippen LogP contribution < -0.4 is 9.80 Å². The van der Waals surface area contributed by atoms with Crippen LogP contribution in [-0.2, 0) is 6.42 Å². The first-order valence-electron chi connectivity index (χ1n) is 9.10. The fourth-order valence-corrected chi connectivity index (χ4v) is 5.36. The monoisotopic (exact) mass is 350 g/mol. The van der Waals surface area contributed by atoms with E-state index in [4.69, 9.17) is 0 Å². The van der Waals surface area contributed by atoms with E-state index in [0.29, 0.717) is 12.1 Å². The molecule has 2 aliphatic rings. The van der Waals surface area contributed by atoms with Gasteiger partial charge in [0.1, 0.15) is 12.1 Å². The fourth-order valence-electron chi connectivity index (χ4n) is 4.50. The number of rotatable bonds is 2. The quantitative estimate of drug-likeness (QED) is 0.696. The fraction of sp³-hybridized carbons (Fsp3) is 0.400. The maximum Gasteiger partial charge on any atom is 0.150 e. The van der Waals surface area contributed by atoms with Crippen molar-refractivity contribution in [3.63, 3.8) is 0 Å². The Labute approximate surface area is 152 Å². The summed E-state index contributed by atoms with van der Waals surface area (Å²) in [6.07, 6.45) is 5.26. The van der Waals surface area contributed by atoms with E-state index in [1.54, 1.807) is 17.7 Å². The third-order valence-electron chi connectivity index (χ3n) is 5.64. The van der Waals surface area contributed by atoms with Gasteiger partial charge in [0.2, 0.25) is 0 Å². The van der Waals surface area contributed by atoms with Gasteiger partial charge in [0.15, 0.2) is 0 Å². The average molecular weight is 350 g/mol. The first-order chi connectivity index (χ1) is 12.3. The highest BCUT2D eigenvalue weighted by Gasteiger charge is 2.33. The Bertz CT molecular complexity index is 897. The Balaban J connectivity index is 1.36. The summed E-state index contributed by atoms with van der Waals surface area (Å²) in [5, 5.41) is 2.11. The minimum atomic E-state index is 0.608. The molecule has 1 unspecified atom stereocenters. The standard InChI is InChI=1S/C20H22N4S/c1-14-12-15-4-2-3-5-18(15)24(14)16-6-9-23(10-7-16)20-19-17(8-11-25-19)21-13-22-20/h2-5,8,11,13-14,16H,6-7,9-10,12H2,1H3. The van der Waals surface area contributed by atoms with E-state index in [0.717, 1.165) is 24.4 Å². The van der Waals surface area contributed by atoms with Crippen LogP contribution in [0.2, 0.25) is 0 Å². The number of aromatic nitrogens is 2. The molecule has 0 spiro atoms. The Morgan fingerprint density at radius 2 is 1.92 bits per heavy atom. The zero-order valence-electron chi connectivity index (χ0n) is 14.4. The van der Waals surface area contributed by atoms with Crippen LogP contribution in [-0.4, -0.2) is 35.1 Å². The van der Waals surface area contributed by atoms with E-state index in [1.165, 1.54) is 35.2 Å². The van der Waals surface area contributed by atoms with Crippen molar-refractivity contribution in [1.29, 1.82) is 0 Å². The number of thiophene rings is 1. The molecule has 128 valence electrons. The predicted molar refractivity (Wildman–Crippen MR) is 105 cm³/mol. The number of nitrogens with zero attached hydrogens (tertiary/aromatic N) is 4. The molecule has 5 heteroatoms. The minimum Gasteiger partial charge on any atom is -0.365 e. The minimum absolute atomic E-state index is 0.608. The largest absolute Gasteiger partial charge is 0.365 e. The molecule has 5 rings (SSSR count). The van der Waals surface area contributed by atoms with Crippen LogP contribution in [0.3, 0.4) is 0 Å². The van der Waals surface area contributed by atoms with Crippen molar-refractivity contribution in [3.05, 3.63) is 47.6 Å². The Morgan fingerprint density at radius 1 is 1.08 bits per heavy atom. The number of hydrogen-bond donors (Lipinski definition) is 0. The second-order valence-electron chi connectivity index (χ2n) is 7.14. The molecule has 4 heterocycles. The maximum absolute atomic E-state index is 4.59. The normalized spacial score (nSPS) is 21.1. The molecule has 3 aromatic rings. The first-order valence-corrected chi connectivity index (χ1v) is 9.98. The van der Waals surface area contributed by atoms with Crippen LogP contribution >= 0.6 is 11.3 Å². The summed E-state index contributed by atoms with van der Waals surface area (Å²) in [6, 6.07) is 12.3. The molecule has 1 fully saturated rings. The van der Waals surface area contributed by atoms with Gasteiger partial charge in [-0.3, -0.25) is 0 Å². The van der Waals surface area contributed by atoms with Gasteiger partial charge >= 0.3 is 0 Å². The molecule has 0 amide bonds. The summed E-state index contributed by atoms with van der Waals surface area (Å²) in [5.74, 6) is 1.12. The smallest absolute Gasteiger partial charge is 0.150 e. The van der Waals surface area contributed by atoms with Gasteiger partial charge in [-0.05, 0) is 49.3 Å². The van der Waals surface area contributed by atoms with Crippen LogP contribution in [0, 0.1) is 0 Å². The second-order valence-corrected chi connectivity index (χ2v) is 8.06. The summed E-state index contributed by atoms with van der Waals surface area (Å²) in [6.45, 7) is 4.51. The van der Waals surface area contributed by atoms with E-state index < -0.39 is 0 Å². The van der Waals surface area contributed by atoms with E-state index in [1.807, 2.05) is 0 Å². The molecule has 2 aromatic heterocycles. The lowest BCUT2D eigenvalue weighted by Crippen LogP contribution is -2.47. The Hall–Kier alpha value is -2.14. The van der Waals surface area contributed by atoms with Gasteiger partial charge in [0.25, 0.3) is 0 Å². The molecular weight excluding hydrogens is 328 g/mol. The van der Waals surface area contributed by atoms with Gasteiger partial charge in [0, 0.05) is 30.9 Å². The van der Waals surface area contributed by atoms with Crippen molar-refractivity contribution in [2.45, 2.75) is 38.3 Å². The van der Waals surface area contributed by atoms with Crippen molar-refractivity contribution in [3.8, 4) is 0 Å². The number of fused-ring (bicyclic) bond motifs is 2. The van der Waals surface area contributed by atoms with Crippen LogP contribution in [0.5, 0.6) is 0 Å². The molecule has 1 atom stereocenters. The summed E-state index contributed by atoms with van der Waals surface area (Å²) in [5.41, 5.74) is 4.03. The predicted octanol–water partition coefficient (Wildman–Crippen LogP) is 4.11. The van der Waals surface area contributed by atoms with Gasteiger partial charge < -0.3 is 9.80 Å². The number of benzene rings is 1. The van der Waals surface area contributed by atoms with Crippen molar-refractivity contribution in [2.75, 3.05) is 22.9 Å². The molecule has 0 bridgehead atoms. The molecule has 0 aliphatic carbocycles. The number of anilines is 2. The first kappa shape index (κ1) is 15.1. The molecule has 0 radical (unpaired) electrons. The van der Waals surface area contributed by atoms with Crippen LogP contribution in [0.15, 0.2) is 42.0 Å². The van der Waals surface area contributed by atoms with Gasteiger partial charge in [0.05, 0.1) is 10.2 Å².